The Bertz CT molecular complexity index is 513. The van der Waals surface area contributed by atoms with Gasteiger partial charge in [0.1, 0.15) is 0 Å². The molecule has 148 valence electrons. The van der Waals surface area contributed by atoms with Crippen LogP contribution in [0.1, 0.15) is 79.1 Å². The average Bonchev–Trinajstić information content (AvgIpc) is 2.62. The van der Waals surface area contributed by atoms with E-state index in [1.165, 1.54) is 64.5 Å². The molecule has 1 aliphatic carbocycles. The average molecular weight is 359 g/mol. The number of hydrogen-bond donors (Lipinski definition) is 0. The van der Waals surface area contributed by atoms with Gasteiger partial charge in [-0.15, -0.1) is 0 Å². The summed E-state index contributed by atoms with van der Waals surface area (Å²) in [6.07, 6.45) is 10.8. The molecule has 0 spiro atoms. The van der Waals surface area contributed by atoms with Crippen LogP contribution in [0.2, 0.25) is 0 Å². The molecule has 0 saturated heterocycles. The second kappa shape index (κ2) is 8.40. The van der Waals surface area contributed by atoms with Crippen molar-refractivity contribution >= 4 is 0 Å². The summed E-state index contributed by atoms with van der Waals surface area (Å²) < 4.78 is 0. The van der Waals surface area contributed by atoms with Gasteiger partial charge in [-0.1, -0.05) is 47.0 Å². The molecule has 0 saturated carbocycles. The summed E-state index contributed by atoms with van der Waals surface area (Å²) in [5.74, 6) is 2.96. The quantitative estimate of drug-likeness (QED) is 0.569. The van der Waals surface area contributed by atoms with E-state index in [4.69, 9.17) is 0 Å². The van der Waals surface area contributed by atoms with Gasteiger partial charge in [0, 0.05) is 50.4 Å². The molecule has 0 amide bonds. The highest BCUT2D eigenvalue weighted by molar-refractivity contribution is 5.43. The SMILES string of the molecule is CCCC1CCN(C)C2=C1C(CCC)C1=C(C2C)N(C)CCC1CCC. The first-order chi connectivity index (χ1) is 12.5. The van der Waals surface area contributed by atoms with Crippen molar-refractivity contribution in [3.05, 3.63) is 22.5 Å². The van der Waals surface area contributed by atoms with Crippen molar-refractivity contribution in [1.82, 2.24) is 9.80 Å². The van der Waals surface area contributed by atoms with Crippen molar-refractivity contribution in [2.24, 2.45) is 23.7 Å². The van der Waals surface area contributed by atoms with Crippen LogP contribution in [0.25, 0.3) is 0 Å². The fourth-order valence-corrected chi connectivity index (χ4v) is 6.39. The Balaban J connectivity index is 2.12. The number of hydrogen-bond acceptors (Lipinski definition) is 2. The van der Waals surface area contributed by atoms with Gasteiger partial charge in [-0.2, -0.15) is 0 Å². The van der Waals surface area contributed by atoms with Crippen molar-refractivity contribution in [2.45, 2.75) is 79.1 Å². The molecular formula is C24H42N2. The summed E-state index contributed by atoms with van der Waals surface area (Å²) in [6.45, 7) is 12.1. The lowest BCUT2D eigenvalue weighted by atomic mass is 9.63. The Kier molecular flexibility index (Phi) is 6.41. The van der Waals surface area contributed by atoms with Crippen LogP contribution in [-0.2, 0) is 0 Å². The zero-order chi connectivity index (χ0) is 18.8. The van der Waals surface area contributed by atoms with E-state index >= 15 is 0 Å². The van der Waals surface area contributed by atoms with Crippen molar-refractivity contribution in [3.63, 3.8) is 0 Å². The number of nitrogens with zero attached hydrogens (tertiary/aromatic N) is 2. The van der Waals surface area contributed by atoms with Gasteiger partial charge in [0.05, 0.1) is 0 Å². The summed E-state index contributed by atoms with van der Waals surface area (Å²) in [6, 6.07) is 0. The number of rotatable bonds is 6. The summed E-state index contributed by atoms with van der Waals surface area (Å²) in [5, 5.41) is 0. The Hall–Kier alpha value is -0.920. The second-order valence-corrected chi connectivity index (χ2v) is 9.14. The summed E-state index contributed by atoms with van der Waals surface area (Å²) in [7, 11) is 4.71. The molecule has 2 nitrogen and oxygen atoms in total. The van der Waals surface area contributed by atoms with E-state index in [0.717, 1.165) is 17.8 Å². The zero-order valence-corrected chi connectivity index (χ0v) is 18.3. The maximum absolute atomic E-state index is 2.62. The second-order valence-electron chi connectivity index (χ2n) is 9.14. The van der Waals surface area contributed by atoms with Crippen molar-refractivity contribution in [2.75, 3.05) is 27.2 Å². The van der Waals surface area contributed by atoms with E-state index in [1.807, 2.05) is 11.1 Å². The third kappa shape index (κ3) is 3.34. The van der Waals surface area contributed by atoms with Crippen LogP contribution in [0.5, 0.6) is 0 Å². The largest absolute Gasteiger partial charge is 0.377 e. The highest BCUT2D eigenvalue weighted by atomic mass is 15.2. The summed E-state index contributed by atoms with van der Waals surface area (Å²) >= 11 is 0. The molecule has 2 aliphatic heterocycles. The molecule has 26 heavy (non-hydrogen) atoms. The lowest BCUT2D eigenvalue weighted by Gasteiger charge is -2.51. The predicted octanol–water partition coefficient (Wildman–Crippen LogP) is 6.06. The first-order valence-corrected chi connectivity index (χ1v) is 11.4. The molecule has 0 aromatic heterocycles. The summed E-state index contributed by atoms with van der Waals surface area (Å²) in [5.41, 5.74) is 7.14. The Morgan fingerprint density at radius 1 is 0.731 bits per heavy atom. The fraction of sp³-hybridized carbons (Fsp3) is 0.833. The van der Waals surface area contributed by atoms with Gasteiger partial charge in [0.2, 0.25) is 0 Å². The predicted molar refractivity (Wildman–Crippen MR) is 113 cm³/mol. The van der Waals surface area contributed by atoms with Crippen LogP contribution in [0.15, 0.2) is 22.5 Å². The molecule has 0 radical (unpaired) electrons. The van der Waals surface area contributed by atoms with Crippen LogP contribution in [-0.4, -0.2) is 37.0 Å². The first-order valence-electron chi connectivity index (χ1n) is 11.4. The first kappa shape index (κ1) is 19.8. The van der Waals surface area contributed by atoms with E-state index in [0.29, 0.717) is 5.92 Å². The van der Waals surface area contributed by atoms with E-state index < -0.39 is 0 Å². The van der Waals surface area contributed by atoms with Crippen molar-refractivity contribution < 1.29 is 0 Å². The van der Waals surface area contributed by atoms with Gasteiger partial charge in [0.25, 0.3) is 0 Å². The minimum atomic E-state index is 0.586. The van der Waals surface area contributed by atoms with E-state index in [2.05, 4.69) is 51.6 Å². The molecule has 0 N–H and O–H groups in total. The topological polar surface area (TPSA) is 6.48 Å². The van der Waals surface area contributed by atoms with Gasteiger partial charge >= 0.3 is 0 Å². The standard InChI is InChI=1S/C24H42N2/c1-7-10-18-13-15-25(5)23-17(4)24-22(20(12-9-3)21(18)23)19(11-8-2)14-16-26(24)6/h17-20H,7-16H2,1-6H3. The van der Waals surface area contributed by atoms with Crippen LogP contribution >= 0.6 is 0 Å². The Labute approximate surface area is 162 Å². The van der Waals surface area contributed by atoms with Gasteiger partial charge in [-0.05, 0) is 55.1 Å². The molecule has 0 aromatic rings. The highest BCUT2D eigenvalue weighted by Gasteiger charge is 2.44. The Morgan fingerprint density at radius 2 is 1.15 bits per heavy atom. The molecule has 0 aromatic carbocycles. The molecule has 2 heterocycles. The van der Waals surface area contributed by atoms with E-state index in [1.54, 1.807) is 11.4 Å². The number of allylic oxidation sites excluding steroid dienone is 2. The fourth-order valence-electron chi connectivity index (χ4n) is 6.39. The molecule has 2 heteroatoms. The minimum absolute atomic E-state index is 0.586. The molecule has 2 atom stereocenters. The minimum Gasteiger partial charge on any atom is -0.377 e. The molecular weight excluding hydrogens is 316 g/mol. The van der Waals surface area contributed by atoms with Gasteiger partial charge < -0.3 is 9.80 Å². The third-order valence-electron chi connectivity index (χ3n) is 7.34. The third-order valence-corrected chi connectivity index (χ3v) is 7.34. The van der Waals surface area contributed by atoms with Crippen LogP contribution in [0.4, 0.5) is 0 Å². The maximum Gasteiger partial charge on any atom is 0.0360 e. The smallest absolute Gasteiger partial charge is 0.0360 e. The van der Waals surface area contributed by atoms with Crippen molar-refractivity contribution in [1.29, 1.82) is 0 Å². The monoisotopic (exact) mass is 358 g/mol. The van der Waals surface area contributed by atoms with E-state index in [9.17, 15) is 0 Å². The lowest BCUT2D eigenvalue weighted by Crippen LogP contribution is -2.45. The molecule has 3 aliphatic rings. The normalized spacial score (nSPS) is 32.1. The summed E-state index contributed by atoms with van der Waals surface area (Å²) in [4.78, 5) is 5.24. The molecule has 3 rings (SSSR count). The van der Waals surface area contributed by atoms with Gasteiger partial charge in [-0.3, -0.25) is 0 Å². The lowest BCUT2D eigenvalue weighted by molar-refractivity contribution is 0.212. The molecule has 0 bridgehead atoms. The van der Waals surface area contributed by atoms with Crippen LogP contribution in [0, 0.1) is 23.7 Å². The van der Waals surface area contributed by atoms with Gasteiger partial charge in [-0.25, -0.2) is 0 Å². The zero-order valence-electron chi connectivity index (χ0n) is 18.3. The Morgan fingerprint density at radius 3 is 1.54 bits per heavy atom. The molecule has 2 unspecified atom stereocenters. The van der Waals surface area contributed by atoms with Crippen LogP contribution in [0.3, 0.4) is 0 Å². The van der Waals surface area contributed by atoms with Crippen molar-refractivity contribution in [3.8, 4) is 0 Å². The van der Waals surface area contributed by atoms with Crippen LogP contribution < -0.4 is 0 Å². The van der Waals surface area contributed by atoms with E-state index in [-0.39, 0.29) is 0 Å². The van der Waals surface area contributed by atoms with Gasteiger partial charge in [0.15, 0.2) is 0 Å². The molecule has 0 fully saturated rings. The maximum atomic E-state index is 2.62. The highest BCUT2D eigenvalue weighted by Crippen LogP contribution is 2.53.